The van der Waals surface area contributed by atoms with Crippen molar-refractivity contribution in [3.63, 3.8) is 0 Å². The minimum atomic E-state index is -2.66. The molecule has 0 aliphatic heterocycles. The molecule has 0 heterocycles. The van der Waals surface area contributed by atoms with Crippen LogP contribution in [0, 0.1) is 0 Å². The van der Waals surface area contributed by atoms with Crippen molar-refractivity contribution in [3.05, 3.63) is 0 Å². The van der Waals surface area contributed by atoms with Gasteiger partial charge in [0.25, 0.3) is 0 Å². The zero-order valence-corrected chi connectivity index (χ0v) is 9.81. The molecule has 0 aromatic heterocycles. The van der Waals surface area contributed by atoms with E-state index in [-0.39, 0.29) is 14.5 Å². The Morgan fingerprint density at radius 1 is 1.18 bits per heavy atom. The minimum absolute atomic E-state index is 0.0149. The monoisotopic (exact) mass is 246 g/mol. The zero-order valence-electron chi connectivity index (χ0n) is 7.20. The van der Waals surface area contributed by atoms with Crippen molar-refractivity contribution in [1.82, 2.24) is 0 Å². The van der Waals surface area contributed by atoms with Crippen molar-refractivity contribution < 1.29 is 13.6 Å². The first-order valence-corrected chi connectivity index (χ1v) is 8.69. The van der Waals surface area contributed by atoms with Gasteiger partial charge in [-0.1, -0.05) is 0 Å². The van der Waals surface area contributed by atoms with Gasteiger partial charge in [0.05, 0.1) is 0 Å². The van der Waals surface area contributed by atoms with Crippen LogP contribution in [0.1, 0.15) is 20.8 Å². The molecule has 68 valence electrons. The van der Waals surface area contributed by atoms with Gasteiger partial charge in [0.2, 0.25) is 0 Å². The van der Waals surface area contributed by atoms with Crippen molar-refractivity contribution in [3.8, 4) is 0 Å². The van der Waals surface area contributed by atoms with Gasteiger partial charge in [-0.3, -0.25) is 0 Å². The summed E-state index contributed by atoms with van der Waals surface area (Å²) in [4.78, 5) is 0. The maximum absolute atomic E-state index is 11.6. The Labute approximate surface area is 74.1 Å². The summed E-state index contributed by atoms with van der Waals surface area (Å²) in [5.74, 6) is 0. The molecule has 0 bridgehead atoms. The van der Waals surface area contributed by atoms with E-state index in [1.165, 1.54) is 0 Å². The fourth-order valence-corrected chi connectivity index (χ4v) is 6.01. The van der Waals surface area contributed by atoms with E-state index in [1.54, 1.807) is 0 Å². The molecule has 0 saturated carbocycles. The Morgan fingerprint density at radius 2 is 1.64 bits per heavy atom. The van der Waals surface area contributed by atoms with E-state index in [2.05, 4.69) is 0 Å². The van der Waals surface area contributed by atoms with E-state index in [4.69, 9.17) is 9.05 Å². The molecule has 0 fully saturated rings. The van der Waals surface area contributed by atoms with Crippen LogP contribution in [0.5, 0.6) is 0 Å². The van der Waals surface area contributed by atoms with Crippen molar-refractivity contribution in [1.29, 1.82) is 0 Å². The van der Waals surface area contributed by atoms with Crippen molar-refractivity contribution in [2.75, 3.05) is 13.2 Å². The van der Waals surface area contributed by atoms with Crippen molar-refractivity contribution >= 4 is 20.8 Å². The standard InChI is InChI=1S/C6H15O3PSe/c1-4-8-10(7,9-5-2)11-6-3/h4-6H2,1-3H3. The molecule has 0 saturated heterocycles. The van der Waals surface area contributed by atoms with Crippen LogP contribution < -0.4 is 0 Å². The second-order valence-electron chi connectivity index (χ2n) is 1.70. The molecular weight excluding hydrogens is 230 g/mol. The Balaban J connectivity index is 3.91. The molecule has 11 heavy (non-hydrogen) atoms. The predicted octanol–water partition coefficient (Wildman–Crippen LogP) is 2.31. The van der Waals surface area contributed by atoms with E-state index >= 15 is 0 Å². The molecule has 0 N–H and O–H groups in total. The maximum atomic E-state index is 11.6. The Kier molecular flexibility index (Phi) is 6.59. The first-order valence-electron chi connectivity index (χ1n) is 3.72. The van der Waals surface area contributed by atoms with Crippen LogP contribution in [0.3, 0.4) is 0 Å². The second kappa shape index (κ2) is 6.21. The summed E-state index contributed by atoms with van der Waals surface area (Å²) in [5.41, 5.74) is 0. The summed E-state index contributed by atoms with van der Waals surface area (Å²) in [6.07, 6.45) is -2.66. The molecule has 5 heteroatoms. The zero-order chi connectivity index (χ0) is 8.74. The van der Waals surface area contributed by atoms with Crippen LogP contribution in [-0.2, 0) is 13.6 Å². The molecule has 0 aliphatic rings. The van der Waals surface area contributed by atoms with Gasteiger partial charge in [0.15, 0.2) is 0 Å². The normalized spacial score (nSPS) is 11.9. The van der Waals surface area contributed by atoms with Gasteiger partial charge in [0, 0.05) is 0 Å². The quantitative estimate of drug-likeness (QED) is 0.532. The van der Waals surface area contributed by atoms with E-state index in [0.717, 1.165) is 5.32 Å². The van der Waals surface area contributed by atoms with Gasteiger partial charge in [-0.15, -0.1) is 0 Å². The van der Waals surface area contributed by atoms with E-state index in [9.17, 15) is 4.57 Å². The third-order valence-corrected chi connectivity index (χ3v) is 7.53. The fourth-order valence-electron chi connectivity index (χ4n) is 0.586. The van der Waals surface area contributed by atoms with Crippen LogP contribution in [-0.4, -0.2) is 27.7 Å². The molecule has 0 atom stereocenters. The van der Waals surface area contributed by atoms with Gasteiger partial charge in [-0.05, 0) is 0 Å². The Morgan fingerprint density at radius 3 is 1.91 bits per heavy atom. The van der Waals surface area contributed by atoms with Gasteiger partial charge in [-0.2, -0.15) is 0 Å². The van der Waals surface area contributed by atoms with Gasteiger partial charge >= 0.3 is 73.7 Å². The summed E-state index contributed by atoms with van der Waals surface area (Å²) >= 11 is -0.0149. The van der Waals surface area contributed by atoms with Crippen molar-refractivity contribution in [2.45, 2.75) is 26.1 Å². The average Bonchev–Trinajstić information content (AvgIpc) is 1.88. The number of rotatable bonds is 6. The van der Waals surface area contributed by atoms with Crippen molar-refractivity contribution in [2.24, 2.45) is 0 Å². The Hall–Kier alpha value is 0.669. The number of hydrogen-bond donors (Lipinski definition) is 0. The van der Waals surface area contributed by atoms with Crippen LogP contribution in [0.15, 0.2) is 0 Å². The molecule has 0 radical (unpaired) electrons. The first kappa shape index (κ1) is 11.7. The molecule has 0 aliphatic carbocycles. The molecule has 0 unspecified atom stereocenters. The van der Waals surface area contributed by atoms with Crippen LogP contribution >= 0.6 is 6.29 Å². The predicted molar refractivity (Wildman–Crippen MR) is 47.1 cm³/mol. The summed E-state index contributed by atoms with van der Waals surface area (Å²) in [6, 6.07) is 0. The molecule has 0 aromatic carbocycles. The first-order chi connectivity index (χ1) is 5.18. The van der Waals surface area contributed by atoms with E-state index < -0.39 is 6.29 Å². The SMILES string of the molecule is CCOP(=O)(OCC)[Se]CC. The molecule has 0 rings (SSSR count). The molecule has 3 nitrogen and oxygen atoms in total. The Bertz CT molecular complexity index is 116. The third kappa shape index (κ3) is 5.00. The van der Waals surface area contributed by atoms with Crippen LogP contribution in [0.4, 0.5) is 0 Å². The molecular formula is C6H15O3PSe. The second-order valence-corrected chi connectivity index (χ2v) is 9.02. The average molecular weight is 245 g/mol. The topological polar surface area (TPSA) is 35.5 Å². The summed E-state index contributed by atoms with van der Waals surface area (Å²) < 4.78 is 21.7. The number of hydrogen-bond acceptors (Lipinski definition) is 3. The van der Waals surface area contributed by atoms with Gasteiger partial charge in [0.1, 0.15) is 0 Å². The molecule has 0 aromatic rings. The third-order valence-electron chi connectivity index (χ3n) is 0.862. The summed E-state index contributed by atoms with van der Waals surface area (Å²) in [7, 11) is 0. The fraction of sp³-hybridized carbons (Fsp3) is 1.00. The van der Waals surface area contributed by atoms with Crippen LogP contribution in [0.2, 0.25) is 5.32 Å². The van der Waals surface area contributed by atoms with E-state index in [0.29, 0.717) is 13.2 Å². The summed E-state index contributed by atoms with van der Waals surface area (Å²) in [5, 5.41) is 0.893. The molecule has 0 amide bonds. The van der Waals surface area contributed by atoms with Crippen LogP contribution in [0.25, 0.3) is 0 Å². The van der Waals surface area contributed by atoms with E-state index in [1.807, 2.05) is 20.8 Å². The summed E-state index contributed by atoms with van der Waals surface area (Å²) in [6.45, 7) is 6.59. The van der Waals surface area contributed by atoms with Gasteiger partial charge in [-0.25, -0.2) is 0 Å². The molecule has 0 spiro atoms. The van der Waals surface area contributed by atoms with Gasteiger partial charge < -0.3 is 0 Å².